The zero-order chi connectivity index (χ0) is 12.0. The molecule has 88 valence electrons. The average Bonchev–Trinajstić information content (AvgIpc) is 2.10. The third-order valence-electron chi connectivity index (χ3n) is 1.97. The average molecular weight is 232 g/mol. The zero-order valence-electron chi connectivity index (χ0n) is 9.49. The van der Waals surface area contributed by atoms with Gasteiger partial charge in [-0.25, -0.2) is 0 Å². The number of ketones is 1. The molecule has 0 aromatic heterocycles. The van der Waals surface area contributed by atoms with E-state index in [0.717, 1.165) is 0 Å². The van der Waals surface area contributed by atoms with Crippen molar-refractivity contribution in [1.29, 1.82) is 0 Å². The molecule has 0 heterocycles. The van der Waals surface area contributed by atoms with Crippen LogP contribution in [-0.2, 0) is 9.59 Å². The Morgan fingerprint density at radius 1 is 1.33 bits per heavy atom. The minimum absolute atomic E-state index is 0.00767. The Morgan fingerprint density at radius 2 is 1.87 bits per heavy atom. The lowest BCUT2D eigenvalue weighted by Gasteiger charge is -2.21. The van der Waals surface area contributed by atoms with Crippen LogP contribution in [0.3, 0.4) is 0 Å². The number of hydrogen-bond acceptors (Lipinski definition) is 4. The number of Topliss-reactive ketones (excluding diaryl/α,β-unsaturated/α-hetero) is 1. The lowest BCUT2D eigenvalue weighted by molar-refractivity contribution is -0.121. The molecule has 5 heteroatoms. The van der Waals surface area contributed by atoms with Gasteiger partial charge in [-0.3, -0.25) is 9.59 Å². The molecule has 0 aromatic rings. The predicted octanol–water partition coefficient (Wildman–Crippen LogP) is 0.506. The summed E-state index contributed by atoms with van der Waals surface area (Å²) in [7, 11) is 0. The molecule has 0 saturated carbocycles. The number of hydrogen-bond donors (Lipinski definition) is 3. The van der Waals surface area contributed by atoms with E-state index in [1.165, 1.54) is 0 Å². The van der Waals surface area contributed by atoms with Gasteiger partial charge in [-0.05, 0) is 13.3 Å². The molecule has 0 radical (unpaired) electrons. The molecular formula is C10H20N2O2S. The van der Waals surface area contributed by atoms with Gasteiger partial charge in [0.2, 0.25) is 5.91 Å². The summed E-state index contributed by atoms with van der Waals surface area (Å²) in [6.07, 6.45) is 0.661. The molecule has 2 atom stereocenters. The number of nitrogens with two attached hydrogens (primary N) is 1. The summed E-state index contributed by atoms with van der Waals surface area (Å²) in [5, 5.41) is 2.79. The summed E-state index contributed by atoms with van der Waals surface area (Å²) in [5.41, 5.74) is 5.05. The van der Waals surface area contributed by atoms with Crippen LogP contribution in [0.4, 0.5) is 0 Å². The largest absolute Gasteiger partial charge is 0.370 e. The Morgan fingerprint density at radius 3 is 2.20 bits per heavy atom. The van der Waals surface area contributed by atoms with Crippen LogP contribution in [0.1, 0.15) is 33.6 Å². The van der Waals surface area contributed by atoms with Crippen LogP contribution in [0.15, 0.2) is 0 Å². The first kappa shape index (κ1) is 14.5. The first-order valence-corrected chi connectivity index (χ1v) is 5.62. The van der Waals surface area contributed by atoms with Crippen LogP contribution in [0.2, 0.25) is 0 Å². The minimum Gasteiger partial charge on any atom is -0.370 e. The number of primary amides is 1. The maximum absolute atomic E-state index is 11.7. The van der Waals surface area contributed by atoms with Crippen molar-refractivity contribution in [3.63, 3.8) is 0 Å². The van der Waals surface area contributed by atoms with E-state index >= 15 is 0 Å². The fraction of sp³-hybridized carbons (Fsp3) is 0.800. The van der Waals surface area contributed by atoms with Crippen molar-refractivity contribution < 1.29 is 9.59 Å². The number of carbonyl (C=O) groups is 2. The summed E-state index contributed by atoms with van der Waals surface area (Å²) in [4.78, 5) is 22.3. The fourth-order valence-electron chi connectivity index (χ4n) is 1.29. The standard InChI is InChI=1S/C10H20N2O2S/c1-6(2)12-8(4-5-9(11)13)10(14)7(3)15/h6-8,12,15H,4-5H2,1-3H3,(H2,11,13)/t7?,8-/m0/s1. The number of amides is 1. The van der Waals surface area contributed by atoms with Gasteiger partial charge in [0.25, 0.3) is 0 Å². The number of carbonyl (C=O) groups excluding carboxylic acids is 2. The SMILES string of the molecule is CC(C)N[C@@H](CCC(N)=O)C(=O)C(C)S. The molecule has 1 unspecified atom stereocenters. The second-order valence-corrected chi connectivity index (χ2v) is 4.73. The van der Waals surface area contributed by atoms with Gasteiger partial charge >= 0.3 is 0 Å². The molecule has 0 aliphatic rings. The highest BCUT2D eigenvalue weighted by Crippen LogP contribution is 2.06. The van der Waals surface area contributed by atoms with Gasteiger partial charge in [0, 0.05) is 12.5 Å². The molecule has 0 bridgehead atoms. The molecule has 0 aliphatic heterocycles. The van der Waals surface area contributed by atoms with Crippen molar-refractivity contribution >= 4 is 24.3 Å². The maximum Gasteiger partial charge on any atom is 0.217 e. The van der Waals surface area contributed by atoms with Crippen molar-refractivity contribution in [3.05, 3.63) is 0 Å². The lowest BCUT2D eigenvalue weighted by atomic mass is 10.0. The lowest BCUT2D eigenvalue weighted by Crippen LogP contribution is -2.44. The second kappa shape index (κ2) is 6.85. The normalized spacial score (nSPS) is 15.0. The van der Waals surface area contributed by atoms with Gasteiger partial charge in [0.15, 0.2) is 5.78 Å². The summed E-state index contributed by atoms with van der Waals surface area (Å²) in [6.45, 7) is 5.63. The van der Waals surface area contributed by atoms with Crippen LogP contribution in [-0.4, -0.2) is 29.0 Å². The number of thiol groups is 1. The van der Waals surface area contributed by atoms with Gasteiger partial charge in [0.05, 0.1) is 11.3 Å². The van der Waals surface area contributed by atoms with E-state index in [1.54, 1.807) is 6.92 Å². The minimum atomic E-state index is -0.384. The molecule has 0 rings (SSSR count). The predicted molar refractivity (Wildman–Crippen MR) is 63.9 cm³/mol. The van der Waals surface area contributed by atoms with Crippen molar-refractivity contribution in [2.24, 2.45) is 5.73 Å². The molecule has 0 aromatic carbocycles. The smallest absolute Gasteiger partial charge is 0.217 e. The van der Waals surface area contributed by atoms with E-state index in [0.29, 0.717) is 6.42 Å². The van der Waals surface area contributed by atoms with Gasteiger partial charge in [-0.1, -0.05) is 13.8 Å². The number of nitrogens with one attached hydrogen (secondary N) is 1. The van der Waals surface area contributed by atoms with Crippen molar-refractivity contribution in [2.45, 2.75) is 50.9 Å². The third-order valence-corrected chi connectivity index (χ3v) is 2.22. The molecule has 0 spiro atoms. The van der Waals surface area contributed by atoms with Crippen LogP contribution < -0.4 is 11.1 Å². The summed E-state index contributed by atoms with van der Waals surface area (Å²) in [5.74, 6) is -0.376. The van der Waals surface area contributed by atoms with Gasteiger partial charge < -0.3 is 11.1 Å². The molecule has 3 N–H and O–H groups in total. The van der Waals surface area contributed by atoms with Crippen LogP contribution in [0.5, 0.6) is 0 Å². The topological polar surface area (TPSA) is 72.2 Å². The zero-order valence-corrected chi connectivity index (χ0v) is 10.4. The highest BCUT2D eigenvalue weighted by atomic mass is 32.1. The molecular weight excluding hydrogens is 212 g/mol. The molecule has 4 nitrogen and oxygen atoms in total. The van der Waals surface area contributed by atoms with Crippen LogP contribution in [0, 0.1) is 0 Å². The molecule has 0 fully saturated rings. The Hall–Kier alpha value is -0.550. The molecule has 0 saturated heterocycles. The van der Waals surface area contributed by atoms with E-state index in [2.05, 4.69) is 17.9 Å². The second-order valence-electron chi connectivity index (χ2n) is 3.96. The highest BCUT2D eigenvalue weighted by molar-refractivity contribution is 7.81. The van der Waals surface area contributed by atoms with E-state index < -0.39 is 0 Å². The highest BCUT2D eigenvalue weighted by Gasteiger charge is 2.22. The summed E-state index contributed by atoms with van der Waals surface area (Å²) in [6, 6.07) is -0.135. The molecule has 15 heavy (non-hydrogen) atoms. The Labute approximate surface area is 96.4 Å². The van der Waals surface area contributed by atoms with Crippen molar-refractivity contribution in [2.75, 3.05) is 0 Å². The maximum atomic E-state index is 11.7. The summed E-state index contributed by atoms with van der Waals surface area (Å²) >= 11 is 4.09. The van der Waals surface area contributed by atoms with Crippen LogP contribution in [0.25, 0.3) is 0 Å². The van der Waals surface area contributed by atoms with E-state index in [1.807, 2.05) is 13.8 Å². The monoisotopic (exact) mass is 232 g/mol. The van der Waals surface area contributed by atoms with E-state index in [9.17, 15) is 9.59 Å². The van der Waals surface area contributed by atoms with Crippen molar-refractivity contribution in [3.8, 4) is 0 Å². The fourth-order valence-corrected chi connectivity index (χ4v) is 1.47. The first-order valence-electron chi connectivity index (χ1n) is 5.10. The molecule has 0 aliphatic carbocycles. The van der Waals surface area contributed by atoms with E-state index in [4.69, 9.17) is 5.73 Å². The van der Waals surface area contributed by atoms with Crippen molar-refractivity contribution in [1.82, 2.24) is 5.32 Å². The summed E-state index contributed by atoms with van der Waals surface area (Å²) < 4.78 is 0. The Kier molecular flexibility index (Phi) is 6.60. The quantitative estimate of drug-likeness (QED) is 0.560. The Balaban J connectivity index is 4.30. The third kappa shape index (κ3) is 6.52. The first-order chi connectivity index (χ1) is 6.84. The van der Waals surface area contributed by atoms with Gasteiger partial charge in [-0.15, -0.1) is 0 Å². The van der Waals surface area contributed by atoms with Crippen LogP contribution >= 0.6 is 12.6 Å². The molecule has 1 amide bonds. The van der Waals surface area contributed by atoms with Gasteiger partial charge in [-0.2, -0.15) is 12.6 Å². The Bertz CT molecular complexity index is 229. The number of rotatable bonds is 7. The van der Waals surface area contributed by atoms with Gasteiger partial charge in [0.1, 0.15) is 0 Å². The van der Waals surface area contributed by atoms with E-state index in [-0.39, 0.29) is 35.4 Å².